The largest absolute Gasteiger partial charge is 0.325 e. The Labute approximate surface area is 191 Å². The second-order valence-electron chi connectivity index (χ2n) is 7.94. The zero-order valence-electron chi connectivity index (χ0n) is 18.2. The Morgan fingerprint density at radius 2 is 1.87 bits per heavy atom. The van der Waals surface area contributed by atoms with Crippen molar-refractivity contribution in [1.82, 2.24) is 10.9 Å². The number of hydrazine groups is 1. The van der Waals surface area contributed by atoms with E-state index in [0.29, 0.717) is 10.8 Å². The molecule has 3 rings (SSSR count). The van der Waals surface area contributed by atoms with E-state index in [9.17, 15) is 14.4 Å². The molecule has 0 fully saturated rings. The number of hydrogen-bond acceptors (Lipinski definition) is 5. The van der Waals surface area contributed by atoms with Gasteiger partial charge in [0.05, 0.1) is 16.4 Å². The lowest BCUT2D eigenvalue weighted by molar-refractivity contribution is -0.119. The van der Waals surface area contributed by atoms with Gasteiger partial charge in [-0.2, -0.15) is 0 Å². The Hall–Kier alpha value is -2.32. The monoisotopic (exact) mass is 459 g/mol. The lowest BCUT2D eigenvalue weighted by atomic mass is 9.87. The van der Waals surface area contributed by atoms with E-state index in [2.05, 4.69) is 23.1 Å². The minimum Gasteiger partial charge on any atom is -0.325 e. The third-order valence-corrected chi connectivity index (χ3v) is 7.59. The van der Waals surface area contributed by atoms with E-state index in [1.165, 1.54) is 40.0 Å². The minimum atomic E-state index is -0.343. The van der Waals surface area contributed by atoms with Crippen molar-refractivity contribution in [2.45, 2.75) is 46.5 Å². The standard InChI is InChI=1S/C23H29N3O3S2/c1-4-16-6-8-19-17(10-16)11-20(31-19)23(29)26-25-22(28)13-30-12-21(27)24-18-7-5-14(2)9-15(18)3/h5,7,9,11,16H,4,6,8,10,12-13H2,1-3H3,(H,24,27)(H,25,28)(H,26,29)/t16-/m0/s1. The van der Waals surface area contributed by atoms with Gasteiger partial charge in [0.2, 0.25) is 11.8 Å². The fourth-order valence-corrected chi connectivity index (χ4v) is 5.38. The van der Waals surface area contributed by atoms with Crippen LogP contribution in [0.15, 0.2) is 24.3 Å². The van der Waals surface area contributed by atoms with Crippen molar-refractivity contribution < 1.29 is 14.4 Å². The first kappa shape index (κ1) is 23.3. The summed E-state index contributed by atoms with van der Waals surface area (Å²) in [5.41, 5.74) is 9.10. The third-order valence-electron chi connectivity index (χ3n) is 5.42. The maximum absolute atomic E-state index is 12.4. The maximum Gasteiger partial charge on any atom is 0.279 e. The van der Waals surface area contributed by atoms with E-state index in [0.717, 1.165) is 36.1 Å². The van der Waals surface area contributed by atoms with E-state index in [4.69, 9.17) is 0 Å². The van der Waals surface area contributed by atoms with Crippen LogP contribution in [0.2, 0.25) is 0 Å². The van der Waals surface area contributed by atoms with Crippen LogP contribution in [0.5, 0.6) is 0 Å². The van der Waals surface area contributed by atoms with Gasteiger partial charge < -0.3 is 5.32 Å². The van der Waals surface area contributed by atoms with Gasteiger partial charge in [0.1, 0.15) is 0 Å². The van der Waals surface area contributed by atoms with Gasteiger partial charge >= 0.3 is 0 Å². The van der Waals surface area contributed by atoms with Crippen molar-refractivity contribution in [1.29, 1.82) is 0 Å². The highest BCUT2D eigenvalue weighted by molar-refractivity contribution is 8.00. The maximum atomic E-state index is 12.4. The van der Waals surface area contributed by atoms with Gasteiger partial charge in [-0.25, -0.2) is 0 Å². The lowest BCUT2D eigenvalue weighted by Crippen LogP contribution is -2.42. The summed E-state index contributed by atoms with van der Waals surface area (Å²) in [5, 5.41) is 2.85. The molecule has 1 aromatic heterocycles. The van der Waals surface area contributed by atoms with Crippen LogP contribution in [0.4, 0.5) is 5.69 Å². The molecule has 0 saturated heterocycles. The van der Waals surface area contributed by atoms with Crippen LogP contribution in [0, 0.1) is 19.8 Å². The predicted molar refractivity (Wildman–Crippen MR) is 128 cm³/mol. The van der Waals surface area contributed by atoms with Crippen molar-refractivity contribution in [3.8, 4) is 0 Å². The van der Waals surface area contributed by atoms with Crippen LogP contribution in [-0.4, -0.2) is 29.2 Å². The molecular formula is C23H29N3O3S2. The number of anilines is 1. The average molecular weight is 460 g/mol. The summed E-state index contributed by atoms with van der Waals surface area (Å²) < 4.78 is 0. The molecule has 31 heavy (non-hydrogen) atoms. The molecule has 0 bridgehead atoms. The van der Waals surface area contributed by atoms with Crippen molar-refractivity contribution >= 4 is 46.5 Å². The number of aryl methyl sites for hydroxylation is 3. The fourth-order valence-electron chi connectivity index (χ4n) is 3.66. The molecule has 1 aliphatic carbocycles. The highest BCUT2D eigenvalue weighted by Gasteiger charge is 2.22. The first-order valence-corrected chi connectivity index (χ1v) is 12.5. The molecule has 1 aliphatic rings. The molecule has 166 valence electrons. The number of benzene rings is 1. The van der Waals surface area contributed by atoms with Crippen molar-refractivity contribution in [2.24, 2.45) is 5.92 Å². The molecular weight excluding hydrogens is 430 g/mol. The first-order valence-electron chi connectivity index (χ1n) is 10.5. The highest BCUT2D eigenvalue weighted by atomic mass is 32.2. The van der Waals surface area contributed by atoms with Gasteiger partial charge in [-0.1, -0.05) is 31.0 Å². The number of nitrogens with one attached hydrogen (secondary N) is 3. The number of carbonyl (C=O) groups excluding carboxylic acids is 3. The molecule has 2 aromatic rings. The van der Waals surface area contributed by atoms with Crippen LogP contribution in [0.3, 0.4) is 0 Å². The number of hydrogen-bond donors (Lipinski definition) is 3. The Kier molecular flexibility index (Phi) is 8.15. The molecule has 0 radical (unpaired) electrons. The van der Waals surface area contributed by atoms with Crippen LogP contribution >= 0.6 is 23.1 Å². The van der Waals surface area contributed by atoms with Gasteiger partial charge in [-0.05, 0) is 62.3 Å². The summed E-state index contributed by atoms with van der Waals surface area (Å²) in [5.74, 6) is 0.138. The van der Waals surface area contributed by atoms with Gasteiger partial charge in [0, 0.05) is 10.6 Å². The number of carbonyl (C=O) groups is 3. The zero-order chi connectivity index (χ0) is 22.4. The van der Waals surface area contributed by atoms with E-state index in [-0.39, 0.29) is 29.2 Å². The van der Waals surface area contributed by atoms with Crippen molar-refractivity contribution in [3.63, 3.8) is 0 Å². The van der Waals surface area contributed by atoms with E-state index >= 15 is 0 Å². The molecule has 3 amide bonds. The summed E-state index contributed by atoms with van der Waals surface area (Å²) in [6.45, 7) is 6.15. The van der Waals surface area contributed by atoms with E-state index in [1.807, 2.05) is 38.1 Å². The Bertz CT molecular complexity index is 971. The number of rotatable bonds is 7. The molecule has 3 N–H and O–H groups in total. The van der Waals surface area contributed by atoms with Crippen molar-refractivity contribution in [2.75, 3.05) is 16.8 Å². The summed E-state index contributed by atoms with van der Waals surface area (Å²) in [4.78, 5) is 38.4. The molecule has 6 nitrogen and oxygen atoms in total. The van der Waals surface area contributed by atoms with Crippen LogP contribution < -0.4 is 16.2 Å². The summed E-state index contributed by atoms with van der Waals surface area (Å²) in [6.07, 6.45) is 4.39. The normalized spacial score (nSPS) is 15.1. The highest BCUT2D eigenvalue weighted by Crippen LogP contribution is 2.33. The predicted octanol–water partition coefficient (Wildman–Crippen LogP) is 4.01. The molecule has 1 aromatic carbocycles. The van der Waals surface area contributed by atoms with Gasteiger partial charge in [0.25, 0.3) is 5.91 Å². The number of amides is 3. The van der Waals surface area contributed by atoms with E-state index in [1.54, 1.807) is 0 Å². The fraction of sp³-hybridized carbons (Fsp3) is 0.435. The lowest BCUT2D eigenvalue weighted by Gasteiger charge is -2.19. The minimum absolute atomic E-state index is 0.0830. The average Bonchev–Trinajstić information content (AvgIpc) is 3.17. The Balaban J connectivity index is 1.38. The SMILES string of the molecule is CC[C@H]1CCc2sc(C(=O)NNC(=O)CSCC(=O)Nc3ccc(C)cc3C)cc2C1. The van der Waals surface area contributed by atoms with Gasteiger partial charge in [-0.15, -0.1) is 23.1 Å². The number of fused-ring (bicyclic) bond motifs is 1. The Morgan fingerprint density at radius 1 is 1.10 bits per heavy atom. The topological polar surface area (TPSA) is 87.3 Å². The molecule has 0 saturated carbocycles. The molecule has 1 heterocycles. The van der Waals surface area contributed by atoms with Crippen LogP contribution in [0.1, 0.15) is 51.0 Å². The second-order valence-corrected chi connectivity index (χ2v) is 10.1. The number of thiophene rings is 1. The summed E-state index contributed by atoms with van der Waals surface area (Å²) >= 11 is 2.71. The first-order chi connectivity index (χ1) is 14.9. The molecule has 8 heteroatoms. The quantitative estimate of drug-likeness (QED) is 0.546. The summed E-state index contributed by atoms with van der Waals surface area (Å²) in [7, 11) is 0. The molecule has 1 atom stereocenters. The smallest absolute Gasteiger partial charge is 0.279 e. The van der Waals surface area contributed by atoms with Gasteiger partial charge in [0.15, 0.2) is 0 Å². The van der Waals surface area contributed by atoms with Crippen LogP contribution in [0.25, 0.3) is 0 Å². The molecule has 0 unspecified atom stereocenters. The van der Waals surface area contributed by atoms with Crippen molar-refractivity contribution in [3.05, 3.63) is 50.7 Å². The van der Waals surface area contributed by atoms with E-state index < -0.39 is 0 Å². The van der Waals surface area contributed by atoms with Crippen LogP contribution in [-0.2, 0) is 22.4 Å². The second kappa shape index (κ2) is 10.8. The van der Waals surface area contributed by atoms with Gasteiger partial charge in [-0.3, -0.25) is 25.2 Å². The Morgan fingerprint density at radius 3 is 2.61 bits per heavy atom. The summed E-state index contributed by atoms with van der Waals surface area (Å²) in [6, 6.07) is 7.78. The molecule has 0 spiro atoms. The molecule has 0 aliphatic heterocycles. The number of thioether (sulfide) groups is 1. The zero-order valence-corrected chi connectivity index (χ0v) is 19.8. The third kappa shape index (κ3) is 6.58.